The average Bonchev–Trinajstić information content (AvgIpc) is 2.41. The third kappa shape index (κ3) is 6.69. The van der Waals surface area contributed by atoms with Crippen LogP contribution in [0.4, 0.5) is 0 Å². The number of ether oxygens (including phenoxy) is 1. The van der Waals surface area contributed by atoms with E-state index in [2.05, 4.69) is 46.9 Å². The average molecular weight is 298 g/mol. The summed E-state index contributed by atoms with van der Waals surface area (Å²) in [5, 5.41) is 3.75. The van der Waals surface area contributed by atoms with Gasteiger partial charge >= 0.3 is 0 Å². The Morgan fingerprint density at radius 1 is 1.14 bits per heavy atom. The molecule has 0 aromatic heterocycles. The van der Waals surface area contributed by atoms with E-state index in [9.17, 15) is 0 Å². The van der Waals surface area contributed by atoms with Gasteiger partial charge in [0, 0.05) is 19.3 Å². The van der Waals surface area contributed by atoms with E-state index < -0.39 is 0 Å². The van der Waals surface area contributed by atoms with Crippen LogP contribution in [0.3, 0.4) is 0 Å². The minimum Gasteiger partial charge on any atom is -0.385 e. The van der Waals surface area contributed by atoms with Gasteiger partial charge in [-0.25, -0.2) is 0 Å². The number of hydrogen-bond donors (Lipinski definition) is 1. The maximum Gasteiger partial charge on any atom is 0.0464 e. The van der Waals surface area contributed by atoms with E-state index in [1.165, 1.54) is 32.2 Å². The highest BCUT2D eigenvalue weighted by atomic mass is 16.5. The molecule has 2 nitrogen and oxygen atoms in total. The molecule has 1 fully saturated rings. The Kier molecular flexibility index (Phi) is 7.70. The Labute approximate surface area is 133 Å². The lowest BCUT2D eigenvalue weighted by molar-refractivity contribution is 0.0794. The van der Waals surface area contributed by atoms with Gasteiger partial charge in [0.2, 0.25) is 0 Å². The maximum atomic E-state index is 5.31. The molecule has 0 aromatic carbocycles. The minimum atomic E-state index is 0.231. The van der Waals surface area contributed by atoms with Crippen LogP contribution < -0.4 is 5.32 Å². The molecule has 0 amide bonds. The van der Waals surface area contributed by atoms with Gasteiger partial charge in [0.1, 0.15) is 0 Å². The first-order chi connectivity index (χ1) is 9.74. The Morgan fingerprint density at radius 3 is 2.33 bits per heavy atom. The molecular formula is C19H39NO. The molecule has 1 rings (SSSR count). The first-order valence-corrected chi connectivity index (χ1v) is 8.98. The standard InChI is InChI=1S/C19H39NO/c1-14(2)16-8-9-17(13-20-19(4,5)6)18(12-16)15(3)10-11-21-7/h14-18,20H,8-13H2,1-7H3. The summed E-state index contributed by atoms with van der Waals surface area (Å²) in [6.45, 7) is 16.1. The molecule has 4 atom stereocenters. The molecule has 0 aliphatic heterocycles. The van der Waals surface area contributed by atoms with Crippen LogP contribution in [0.2, 0.25) is 0 Å². The quantitative estimate of drug-likeness (QED) is 0.733. The lowest BCUT2D eigenvalue weighted by Gasteiger charge is -2.42. The van der Waals surface area contributed by atoms with Gasteiger partial charge < -0.3 is 10.1 Å². The van der Waals surface area contributed by atoms with Crippen LogP contribution in [-0.2, 0) is 4.74 Å². The summed E-state index contributed by atoms with van der Waals surface area (Å²) >= 11 is 0. The first-order valence-electron chi connectivity index (χ1n) is 8.98. The molecule has 4 unspecified atom stereocenters. The van der Waals surface area contributed by atoms with Crippen LogP contribution in [0, 0.1) is 29.6 Å². The summed E-state index contributed by atoms with van der Waals surface area (Å²) in [7, 11) is 1.82. The van der Waals surface area contributed by atoms with E-state index in [4.69, 9.17) is 4.74 Å². The van der Waals surface area contributed by atoms with E-state index in [0.717, 1.165) is 36.2 Å². The van der Waals surface area contributed by atoms with Gasteiger partial charge in [0.05, 0.1) is 0 Å². The van der Waals surface area contributed by atoms with Crippen LogP contribution in [0.25, 0.3) is 0 Å². The molecule has 0 radical (unpaired) electrons. The van der Waals surface area contributed by atoms with Crippen LogP contribution in [-0.4, -0.2) is 25.8 Å². The maximum absolute atomic E-state index is 5.31. The third-order valence-corrected chi connectivity index (χ3v) is 5.43. The highest BCUT2D eigenvalue weighted by molar-refractivity contribution is 4.87. The normalized spacial score (nSPS) is 28.9. The van der Waals surface area contributed by atoms with Crippen molar-refractivity contribution in [1.29, 1.82) is 0 Å². The Morgan fingerprint density at radius 2 is 1.81 bits per heavy atom. The predicted octanol–water partition coefficient (Wildman–Crippen LogP) is 4.74. The zero-order valence-electron chi connectivity index (χ0n) is 15.5. The lowest BCUT2D eigenvalue weighted by atomic mass is 9.66. The third-order valence-electron chi connectivity index (χ3n) is 5.43. The van der Waals surface area contributed by atoms with Crippen LogP contribution in [0.15, 0.2) is 0 Å². The number of rotatable bonds is 7. The van der Waals surface area contributed by atoms with Crippen LogP contribution in [0.1, 0.15) is 67.2 Å². The minimum absolute atomic E-state index is 0.231. The predicted molar refractivity (Wildman–Crippen MR) is 92.6 cm³/mol. The second kappa shape index (κ2) is 8.53. The summed E-state index contributed by atoms with van der Waals surface area (Å²) < 4.78 is 5.31. The fourth-order valence-electron chi connectivity index (χ4n) is 3.81. The summed E-state index contributed by atoms with van der Waals surface area (Å²) in [5.74, 6) is 4.23. The largest absolute Gasteiger partial charge is 0.385 e. The Hall–Kier alpha value is -0.0800. The van der Waals surface area contributed by atoms with Gasteiger partial charge in [-0.05, 0) is 82.6 Å². The van der Waals surface area contributed by atoms with Crippen molar-refractivity contribution in [1.82, 2.24) is 5.32 Å². The van der Waals surface area contributed by atoms with E-state index in [-0.39, 0.29) is 5.54 Å². The van der Waals surface area contributed by atoms with Gasteiger partial charge in [-0.3, -0.25) is 0 Å². The van der Waals surface area contributed by atoms with Crippen molar-refractivity contribution >= 4 is 0 Å². The summed E-state index contributed by atoms with van der Waals surface area (Å²) in [5.41, 5.74) is 0.231. The molecule has 126 valence electrons. The fourth-order valence-corrected chi connectivity index (χ4v) is 3.81. The molecule has 1 aliphatic carbocycles. The zero-order valence-corrected chi connectivity index (χ0v) is 15.5. The first kappa shape index (κ1) is 19.0. The van der Waals surface area contributed by atoms with Crippen molar-refractivity contribution in [2.24, 2.45) is 29.6 Å². The molecule has 1 saturated carbocycles. The van der Waals surface area contributed by atoms with Gasteiger partial charge in [-0.1, -0.05) is 20.8 Å². The molecule has 0 heterocycles. The van der Waals surface area contributed by atoms with Gasteiger partial charge in [0.15, 0.2) is 0 Å². The van der Waals surface area contributed by atoms with Crippen molar-refractivity contribution < 1.29 is 4.74 Å². The second-order valence-corrected chi connectivity index (χ2v) is 8.63. The fraction of sp³-hybridized carbons (Fsp3) is 1.00. The van der Waals surface area contributed by atoms with Gasteiger partial charge in [0.25, 0.3) is 0 Å². The molecule has 0 aromatic rings. The van der Waals surface area contributed by atoms with E-state index in [1.54, 1.807) is 0 Å². The molecule has 0 saturated heterocycles. The van der Waals surface area contributed by atoms with Crippen molar-refractivity contribution in [3.63, 3.8) is 0 Å². The summed E-state index contributed by atoms with van der Waals surface area (Å²) in [6.07, 6.45) is 5.44. The van der Waals surface area contributed by atoms with E-state index in [0.29, 0.717) is 0 Å². The van der Waals surface area contributed by atoms with E-state index >= 15 is 0 Å². The second-order valence-electron chi connectivity index (χ2n) is 8.63. The number of hydrogen-bond acceptors (Lipinski definition) is 2. The van der Waals surface area contributed by atoms with Crippen molar-refractivity contribution in [2.45, 2.75) is 72.8 Å². The molecule has 0 bridgehead atoms. The summed E-state index contributed by atoms with van der Waals surface area (Å²) in [6, 6.07) is 0. The van der Waals surface area contributed by atoms with Crippen LogP contribution in [0.5, 0.6) is 0 Å². The molecule has 1 aliphatic rings. The molecule has 1 N–H and O–H groups in total. The molecule has 21 heavy (non-hydrogen) atoms. The van der Waals surface area contributed by atoms with Crippen molar-refractivity contribution in [3.8, 4) is 0 Å². The molecule has 2 heteroatoms. The van der Waals surface area contributed by atoms with Crippen molar-refractivity contribution in [3.05, 3.63) is 0 Å². The lowest BCUT2D eigenvalue weighted by Crippen LogP contribution is -2.43. The van der Waals surface area contributed by atoms with Crippen LogP contribution >= 0.6 is 0 Å². The van der Waals surface area contributed by atoms with Gasteiger partial charge in [-0.2, -0.15) is 0 Å². The smallest absolute Gasteiger partial charge is 0.0464 e. The zero-order chi connectivity index (χ0) is 16.0. The van der Waals surface area contributed by atoms with Gasteiger partial charge in [-0.15, -0.1) is 0 Å². The number of methoxy groups -OCH3 is 1. The monoisotopic (exact) mass is 297 g/mol. The van der Waals surface area contributed by atoms with E-state index in [1.807, 2.05) is 7.11 Å². The highest BCUT2D eigenvalue weighted by Crippen LogP contribution is 2.41. The molecule has 0 spiro atoms. The molecular weight excluding hydrogens is 258 g/mol. The number of nitrogens with one attached hydrogen (secondary N) is 1. The van der Waals surface area contributed by atoms with Crippen molar-refractivity contribution in [2.75, 3.05) is 20.3 Å². The Balaban J connectivity index is 2.65. The summed E-state index contributed by atoms with van der Waals surface area (Å²) in [4.78, 5) is 0. The Bertz CT molecular complexity index is 282. The topological polar surface area (TPSA) is 21.3 Å². The highest BCUT2D eigenvalue weighted by Gasteiger charge is 2.34. The SMILES string of the molecule is COCCC(C)C1CC(C(C)C)CCC1CNC(C)(C)C.